The number of aliphatic imine (C=N–C) groups is 1. The van der Waals surface area contributed by atoms with Gasteiger partial charge in [0.2, 0.25) is 0 Å². The molecule has 7 nitrogen and oxygen atoms in total. The van der Waals surface area contributed by atoms with Crippen LogP contribution >= 0.6 is 35.3 Å². The van der Waals surface area contributed by atoms with Crippen LogP contribution in [0.25, 0.3) is 0 Å². The van der Waals surface area contributed by atoms with E-state index in [0.717, 1.165) is 48.0 Å². The van der Waals surface area contributed by atoms with Crippen LogP contribution in [0, 0.1) is 24.0 Å². The maximum Gasteiger partial charge on any atom is 0.269 e. The Morgan fingerprint density at radius 1 is 1.22 bits per heavy atom. The fourth-order valence-electron chi connectivity index (χ4n) is 2.44. The second kappa shape index (κ2) is 11.9. The summed E-state index contributed by atoms with van der Waals surface area (Å²) in [5.41, 5.74) is 2.34. The first-order valence-corrected chi connectivity index (χ1v) is 9.42. The van der Waals surface area contributed by atoms with E-state index in [1.165, 1.54) is 4.88 Å². The lowest BCUT2D eigenvalue weighted by Crippen LogP contribution is -2.37. The van der Waals surface area contributed by atoms with E-state index in [2.05, 4.69) is 27.5 Å². The molecule has 0 aliphatic carbocycles. The lowest BCUT2D eigenvalue weighted by Gasteiger charge is -2.10. The van der Waals surface area contributed by atoms with Gasteiger partial charge in [0.15, 0.2) is 5.96 Å². The predicted octanol–water partition coefficient (Wildman–Crippen LogP) is 3.97. The highest BCUT2D eigenvalue weighted by atomic mass is 127. The van der Waals surface area contributed by atoms with Crippen molar-refractivity contribution in [3.05, 3.63) is 55.5 Å². The number of unbranched alkanes of at least 4 members (excludes halogenated alkanes) is 1. The van der Waals surface area contributed by atoms with E-state index in [9.17, 15) is 10.1 Å². The van der Waals surface area contributed by atoms with Crippen LogP contribution in [-0.2, 0) is 13.0 Å². The van der Waals surface area contributed by atoms with Gasteiger partial charge < -0.3 is 10.6 Å². The molecule has 27 heavy (non-hydrogen) atoms. The molecule has 0 aliphatic heterocycles. The van der Waals surface area contributed by atoms with Crippen LogP contribution < -0.4 is 10.6 Å². The first-order valence-electron chi connectivity index (χ1n) is 8.60. The molecule has 2 rings (SSSR count). The van der Waals surface area contributed by atoms with Gasteiger partial charge in [-0.2, -0.15) is 0 Å². The number of rotatable bonds is 8. The molecule has 148 valence electrons. The number of hydrogen-bond acceptors (Lipinski definition) is 5. The summed E-state index contributed by atoms with van der Waals surface area (Å²) in [6, 6.07) is 6.76. The minimum Gasteiger partial charge on any atom is -0.356 e. The third-order valence-electron chi connectivity index (χ3n) is 4.04. The predicted molar refractivity (Wildman–Crippen MR) is 121 cm³/mol. The number of benzene rings is 1. The Balaban J connectivity index is 0.00000364. The van der Waals surface area contributed by atoms with E-state index in [1.54, 1.807) is 30.5 Å². The number of halogens is 1. The summed E-state index contributed by atoms with van der Waals surface area (Å²) in [6.45, 7) is 5.59. The Morgan fingerprint density at radius 3 is 2.48 bits per heavy atom. The minimum absolute atomic E-state index is 0. The van der Waals surface area contributed by atoms with Crippen LogP contribution in [0.3, 0.4) is 0 Å². The molecule has 0 unspecified atom stereocenters. The number of aromatic nitrogens is 1. The van der Waals surface area contributed by atoms with E-state index >= 15 is 0 Å². The number of thiazole rings is 1. The molecule has 0 saturated heterocycles. The zero-order chi connectivity index (χ0) is 18.9. The summed E-state index contributed by atoms with van der Waals surface area (Å²) < 4.78 is 0. The summed E-state index contributed by atoms with van der Waals surface area (Å²) in [5.74, 6) is 0.769. The molecular weight excluding hydrogens is 477 g/mol. The van der Waals surface area contributed by atoms with Gasteiger partial charge in [-0.15, -0.1) is 35.3 Å². The molecule has 0 saturated carbocycles. The van der Waals surface area contributed by atoms with Gasteiger partial charge in [-0.25, -0.2) is 4.98 Å². The van der Waals surface area contributed by atoms with Crippen LogP contribution in [-0.4, -0.2) is 29.5 Å². The van der Waals surface area contributed by atoms with Gasteiger partial charge in [0.1, 0.15) is 5.01 Å². The lowest BCUT2D eigenvalue weighted by atomic mass is 10.1. The van der Waals surface area contributed by atoms with Crippen molar-refractivity contribution in [2.45, 2.75) is 39.7 Å². The first kappa shape index (κ1) is 23.3. The average Bonchev–Trinajstić information content (AvgIpc) is 2.95. The molecular formula is C18H26IN5O2S. The van der Waals surface area contributed by atoms with E-state index in [4.69, 9.17) is 0 Å². The third-order valence-corrected chi connectivity index (χ3v) is 5.11. The van der Waals surface area contributed by atoms with Gasteiger partial charge in [0, 0.05) is 30.6 Å². The second-order valence-electron chi connectivity index (χ2n) is 5.98. The maximum absolute atomic E-state index is 10.6. The van der Waals surface area contributed by atoms with Gasteiger partial charge >= 0.3 is 0 Å². The minimum atomic E-state index is -0.374. The largest absolute Gasteiger partial charge is 0.356 e. The van der Waals surface area contributed by atoms with Crippen LogP contribution in [0.15, 0.2) is 29.3 Å². The number of hydrogen-bond donors (Lipinski definition) is 2. The topological polar surface area (TPSA) is 92.5 Å². The zero-order valence-electron chi connectivity index (χ0n) is 15.8. The summed E-state index contributed by atoms with van der Waals surface area (Å²) in [7, 11) is 1.75. The molecule has 0 fully saturated rings. The van der Waals surface area contributed by atoms with Crippen molar-refractivity contribution >= 4 is 47.0 Å². The van der Waals surface area contributed by atoms with Gasteiger partial charge in [-0.1, -0.05) is 12.1 Å². The van der Waals surface area contributed by atoms with Gasteiger partial charge in [-0.05, 0) is 38.7 Å². The van der Waals surface area contributed by atoms with E-state index < -0.39 is 0 Å². The summed E-state index contributed by atoms with van der Waals surface area (Å²) in [6.07, 6.45) is 2.91. The highest BCUT2D eigenvalue weighted by Gasteiger charge is 2.05. The SMILES string of the molecule is CN=C(NCCCCc1ccc([N+](=O)[O-])cc1)NCc1nc(C)c(C)s1.I. The van der Waals surface area contributed by atoms with Gasteiger partial charge in [0.25, 0.3) is 5.69 Å². The van der Waals surface area contributed by atoms with Crippen molar-refractivity contribution in [2.24, 2.45) is 4.99 Å². The van der Waals surface area contributed by atoms with E-state index in [1.807, 2.05) is 19.1 Å². The highest BCUT2D eigenvalue weighted by Crippen LogP contribution is 2.16. The van der Waals surface area contributed by atoms with Crippen LogP contribution in [0.5, 0.6) is 0 Å². The monoisotopic (exact) mass is 503 g/mol. The number of non-ortho nitro benzene ring substituents is 1. The van der Waals surface area contributed by atoms with Crippen molar-refractivity contribution in [3.8, 4) is 0 Å². The molecule has 0 atom stereocenters. The second-order valence-corrected chi connectivity index (χ2v) is 7.27. The molecule has 0 bridgehead atoms. The number of guanidine groups is 1. The quantitative estimate of drug-likeness (QED) is 0.142. The van der Waals surface area contributed by atoms with Gasteiger partial charge in [0.05, 0.1) is 17.2 Å². The Labute approximate surface area is 180 Å². The highest BCUT2D eigenvalue weighted by molar-refractivity contribution is 14.0. The third kappa shape index (κ3) is 7.79. The standard InChI is InChI=1S/C18H25N5O2S.HI/c1-13-14(2)26-17(22-13)12-21-18(19-3)20-11-5-4-6-15-7-9-16(10-8-15)23(24)25;/h7-10H,4-6,11-12H2,1-3H3,(H2,19,20,21);1H. The van der Waals surface area contributed by atoms with Crippen LogP contribution in [0.2, 0.25) is 0 Å². The molecule has 0 spiro atoms. The molecule has 0 radical (unpaired) electrons. The van der Waals surface area contributed by atoms with Crippen molar-refractivity contribution in [2.75, 3.05) is 13.6 Å². The molecule has 2 aromatic rings. The van der Waals surface area contributed by atoms with Crippen molar-refractivity contribution in [1.82, 2.24) is 15.6 Å². The first-order chi connectivity index (χ1) is 12.5. The summed E-state index contributed by atoms with van der Waals surface area (Å²) >= 11 is 1.70. The van der Waals surface area contributed by atoms with E-state index in [-0.39, 0.29) is 34.6 Å². The van der Waals surface area contributed by atoms with Crippen molar-refractivity contribution in [3.63, 3.8) is 0 Å². The van der Waals surface area contributed by atoms with Crippen molar-refractivity contribution < 1.29 is 4.92 Å². The fourth-order valence-corrected chi connectivity index (χ4v) is 3.31. The summed E-state index contributed by atoms with van der Waals surface area (Å²) in [5, 5.41) is 18.3. The zero-order valence-corrected chi connectivity index (χ0v) is 19.0. The average molecular weight is 503 g/mol. The smallest absolute Gasteiger partial charge is 0.269 e. The molecule has 1 aromatic carbocycles. The number of nitrogens with one attached hydrogen (secondary N) is 2. The molecule has 0 aliphatic rings. The Kier molecular flexibility index (Phi) is 10.2. The molecule has 9 heteroatoms. The summed E-state index contributed by atoms with van der Waals surface area (Å²) in [4.78, 5) is 20.2. The Bertz CT molecular complexity index is 742. The van der Waals surface area contributed by atoms with Crippen LogP contribution in [0.4, 0.5) is 5.69 Å². The molecule has 0 amide bonds. The molecule has 1 heterocycles. The van der Waals surface area contributed by atoms with Gasteiger partial charge in [-0.3, -0.25) is 15.1 Å². The molecule has 1 aromatic heterocycles. The van der Waals surface area contributed by atoms with E-state index in [0.29, 0.717) is 6.54 Å². The fraction of sp³-hybridized carbons (Fsp3) is 0.444. The normalized spacial score (nSPS) is 11.0. The Morgan fingerprint density at radius 2 is 1.93 bits per heavy atom. The maximum atomic E-state index is 10.6. The number of aryl methyl sites for hydroxylation is 3. The number of nitro benzene ring substituents is 1. The van der Waals surface area contributed by atoms with Crippen molar-refractivity contribution in [1.29, 1.82) is 0 Å². The Hall–Kier alpha value is -1.75. The van der Waals surface area contributed by atoms with Crippen LogP contribution in [0.1, 0.15) is 34.0 Å². The lowest BCUT2D eigenvalue weighted by molar-refractivity contribution is -0.384. The number of nitrogens with zero attached hydrogens (tertiary/aromatic N) is 3. The number of nitro groups is 1. The molecule has 2 N–H and O–H groups in total.